The number of nitrogens with two attached hydrogens (primary N) is 1. The number of likely N-dealkylation sites (tertiary alicyclic amines) is 1. The zero-order valence-electron chi connectivity index (χ0n) is 10.9. The number of hydrogen-bond acceptors (Lipinski definition) is 2. The van der Waals surface area contributed by atoms with Gasteiger partial charge in [0, 0.05) is 19.1 Å². The fraction of sp³-hybridized carbons (Fsp3) is 0.917. The van der Waals surface area contributed by atoms with E-state index in [4.69, 9.17) is 5.84 Å². The Kier molecular flexibility index (Phi) is 5.60. The predicted molar refractivity (Wildman–Crippen MR) is 69.1 cm³/mol. The van der Waals surface area contributed by atoms with Crippen LogP contribution in [0, 0.1) is 5.92 Å². The first-order chi connectivity index (χ1) is 7.69. The van der Waals surface area contributed by atoms with Crippen molar-refractivity contribution < 1.29 is 0 Å². The molecule has 0 aromatic heterocycles. The lowest BCUT2D eigenvalue weighted by atomic mass is 9.95. The molecule has 0 aromatic rings. The van der Waals surface area contributed by atoms with E-state index in [1.54, 1.807) is 0 Å². The number of rotatable bonds is 3. The Balaban J connectivity index is 2.58. The molecule has 0 bridgehead atoms. The first-order valence-corrected chi connectivity index (χ1v) is 6.46. The molecule has 2 atom stereocenters. The highest BCUT2D eigenvalue weighted by atomic mass is 15.4. The van der Waals surface area contributed by atoms with E-state index in [0.29, 0.717) is 6.04 Å². The summed E-state index contributed by atoms with van der Waals surface area (Å²) in [4.78, 5) is 6.86. The van der Waals surface area contributed by atoms with Gasteiger partial charge < -0.3 is 4.90 Å². The molecule has 1 fully saturated rings. The molecule has 0 amide bonds. The normalized spacial score (nSPS) is 27.0. The number of aliphatic imine (C=N–C) groups is 1. The van der Waals surface area contributed by atoms with Crippen molar-refractivity contribution in [2.75, 3.05) is 13.1 Å². The van der Waals surface area contributed by atoms with Crippen molar-refractivity contribution in [3.8, 4) is 0 Å². The molecule has 0 saturated carbocycles. The molecule has 0 spiro atoms. The number of guanidine groups is 1. The van der Waals surface area contributed by atoms with E-state index in [0.717, 1.165) is 31.4 Å². The summed E-state index contributed by atoms with van der Waals surface area (Å²) < 4.78 is 0. The van der Waals surface area contributed by atoms with Gasteiger partial charge in [-0.05, 0) is 32.1 Å². The average molecular weight is 226 g/mol. The molecule has 94 valence electrons. The van der Waals surface area contributed by atoms with Crippen LogP contribution in [0.3, 0.4) is 0 Å². The molecule has 1 saturated heterocycles. The Hall–Kier alpha value is -0.770. The van der Waals surface area contributed by atoms with Gasteiger partial charge in [-0.15, -0.1) is 0 Å². The monoisotopic (exact) mass is 226 g/mol. The van der Waals surface area contributed by atoms with Crippen LogP contribution in [0.15, 0.2) is 4.99 Å². The van der Waals surface area contributed by atoms with Gasteiger partial charge in [0.2, 0.25) is 5.96 Å². The number of piperidine rings is 1. The van der Waals surface area contributed by atoms with Crippen molar-refractivity contribution in [1.82, 2.24) is 10.3 Å². The average Bonchev–Trinajstić information content (AvgIpc) is 2.28. The van der Waals surface area contributed by atoms with E-state index in [1.807, 2.05) is 0 Å². The SMILES string of the molecule is CCCCN=C(NN)N1CC(C)CCC1C. The van der Waals surface area contributed by atoms with E-state index in [-0.39, 0.29) is 0 Å². The summed E-state index contributed by atoms with van der Waals surface area (Å²) in [6.07, 6.45) is 4.84. The topological polar surface area (TPSA) is 53.6 Å². The van der Waals surface area contributed by atoms with Crippen molar-refractivity contribution >= 4 is 5.96 Å². The molecule has 1 aliphatic heterocycles. The molecule has 1 rings (SSSR count). The van der Waals surface area contributed by atoms with Crippen LogP contribution in [0.2, 0.25) is 0 Å². The molecular weight excluding hydrogens is 200 g/mol. The molecule has 0 aliphatic carbocycles. The van der Waals surface area contributed by atoms with Crippen LogP contribution < -0.4 is 11.3 Å². The maximum atomic E-state index is 5.57. The van der Waals surface area contributed by atoms with E-state index in [2.05, 4.69) is 36.1 Å². The second-order valence-electron chi connectivity index (χ2n) is 4.89. The number of nitrogens with zero attached hydrogens (tertiary/aromatic N) is 2. The highest BCUT2D eigenvalue weighted by Crippen LogP contribution is 2.21. The minimum Gasteiger partial charge on any atom is -0.339 e. The van der Waals surface area contributed by atoms with Crippen LogP contribution in [0.4, 0.5) is 0 Å². The van der Waals surface area contributed by atoms with Gasteiger partial charge in [-0.3, -0.25) is 10.4 Å². The van der Waals surface area contributed by atoms with Crippen LogP contribution in [0.25, 0.3) is 0 Å². The molecule has 0 radical (unpaired) electrons. The van der Waals surface area contributed by atoms with E-state index in [1.165, 1.54) is 19.3 Å². The number of hydrazine groups is 1. The van der Waals surface area contributed by atoms with Gasteiger partial charge in [0.05, 0.1) is 0 Å². The van der Waals surface area contributed by atoms with Crippen molar-refractivity contribution in [1.29, 1.82) is 0 Å². The Morgan fingerprint density at radius 2 is 2.19 bits per heavy atom. The maximum absolute atomic E-state index is 5.57. The molecule has 0 aromatic carbocycles. The van der Waals surface area contributed by atoms with Gasteiger partial charge in [-0.2, -0.15) is 0 Å². The Labute approximate surface area is 99.3 Å². The largest absolute Gasteiger partial charge is 0.339 e. The zero-order chi connectivity index (χ0) is 12.0. The molecule has 2 unspecified atom stereocenters. The maximum Gasteiger partial charge on any atom is 0.208 e. The summed E-state index contributed by atoms with van der Waals surface area (Å²) in [6, 6.07) is 0.549. The van der Waals surface area contributed by atoms with Crippen molar-refractivity contribution in [2.45, 2.75) is 52.5 Å². The van der Waals surface area contributed by atoms with E-state index in [9.17, 15) is 0 Å². The summed E-state index contributed by atoms with van der Waals surface area (Å²) >= 11 is 0. The smallest absolute Gasteiger partial charge is 0.208 e. The number of unbranched alkanes of at least 4 members (excludes halogenated alkanes) is 1. The predicted octanol–water partition coefficient (Wildman–Crippen LogP) is 1.73. The van der Waals surface area contributed by atoms with Gasteiger partial charge in [0.15, 0.2) is 0 Å². The molecule has 4 heteroatoms. The lowest BCUT2D eigenvalue weighted by Gasteiger charge is -2.38. The minimum atomic E-state index is 0.549. The zero-order valence-corrected chi connectivity index (χ0v) is 10.9. The molecule has 1 heterocycles. The van der Waals surface area contributed by atoms with E-state index < -0.39 is 0 Å². The van der Waals surface area contributed by atoms with Crippen LogP contribution >= 0.6 is 0 Å². The van der Waals surface area contributed by atoms with Crippen molar-refractivity contribution in [3.63, 3.8) is 0 Å². The molecule has 1 aliphatic rings. The quantitative estimate of drug-likeness (QED) is 0.253. The molecular formula is C12H26N4. The fourth-order valence-electron chi connectivity index (χ4n) is 2.15. The standard InChI is InChI=1S/C12H26N4/c1-4-5-8-14-12(15-13)16-9-10(2)6-7-11(16)3/h10-11H,4-9,13H2,1-3H3,(H,14,15). The summed E-state index contributed by atoms with van der Waals surface area (Å²) in [7, 11) is 0. The Bertz CT molecular complexity index is 227. The summed E-state index contributed by atoms with van der Waals surface area (Å²) in [5.41, 5.74) is 2.76. The first-order valence-electron chi connectivity index (χ1n) is 6.46. The number of nitrogens with one attached hydrogen (secondary N) is 1. The summed E-state index contributed by atoms with van der Waals surface area (Å²) in [6.45, 7) is 8.65. The third-order valence-corrected chi connectivity index (χ3v) is 3.29. The highest BCUT2D eigenvalue weighted by Gasteiger charge is 2.24. The van der Waals surface area contributed by atoms with Crippen molar-refractivity contribution in [2.24, 2.45) is 16.8 Å². The summed E-state index contributed by atoms with van der Waals surface area (Å²) in [5, 5.41) is 0. The van der Waals surface area contributed by atoms with Gasteiger partial charge in [0.25, 0.3) is 0 Å². The third-order valence-electron chi connectivity index (χ3n) is 3.29. The first kappa shape index (κ1) is 13.3. The second kappa shape index (κ2) is 6.74. The molecule has 3 N–H and O–H groups in total. The van der Waals surface area contributed by atoms with Crippen LogP contribution in [0.1, 0.15) is 46.5 Å². The number of hydrogen-bond donors (Lipinski definition) is 2. The van der Waals surface area contributed by atoms with Gasteiger partial charge in [-0.25, -0.2) is 5.84 Å². The second-order valence-corrected chi connectivity index (χ2v) is 4.89. The minimum absolute atomic E-state index is 0.549. The fourth-order valence-corrected chi connectivity index (χ4v) is 2.15. The van der Waals surface area contributed by atoms with Crippen LogP contribution in [0.5, 0.6) is 0 Å². The lowest BCUT2D eigenvalue weighted by molar-refractivity contribution is 0.201. The molecule has 16 heavy (non-hydrogen) atoms. The van der Waals surface area contributed by atoms with Gasteiger partial charge in [-0.1, -0.05) is 20.3 Å². The summed E-state index contributed by atoms with van der Waals surface area (Å²) in [5.74, 6) is 7.18. The Morgan fingerprint density at radius 3 is 2.81 bits per heavy atom. The van der Waals surface area contributed by atoms with E-state index >= 15 is 0 Å². The molecule has 4 nitrogen and oxygen atoms in total. The van der Waals surface area contributed by atoms with Crippen molar-refractivity contribution in [3.05, 3.63) is 0 Å². The van der Waals surface area contributed by atoms with Crippen LogP contribution in [-0.4, -0.2) is 30.0 Å². The third kappa shape index (κ3) is 3.67. The van der Waals surface area contributed by atoms with Gasteiger partial charge >= 0.3 is 0 Å². The lowest BCUT2D eigenvalue weighted by Crippen LogP contribution is -2.52. The highest BCUT2D eigenvalue weighted by molar-refractivity contribution is 5.79. The Morgan fingerprint density at radius 1 is 1.44 bits per heavy atom. The van der Waals surface area contributed by atoms with Gasteiger partial charge in [0.1, 0.15) is 0 Å². The van der Waals surface area contributed by atoms with Crippen LogP contribution in [-0.2, 0) is 0 Å².